The summed E-state index contributed by atoms with van der Waals surface area (Å²) in [5.41, 5.74) is 8.47. The first kappa shape index (κ1) is 12.5. The zero-order valence-electron chi connectivity index (χ0n) is 10.4. The number of nitrogens with two attached hydrogens (primary N) is 1. The molecular formula is C14H15FN2O. The van der Waals surface area contributed by atoms with Crippen molar-refractivity contribution >= 4 is 0 Å². The third-order valence-electron chi connectivity index (χ3n) is 2.78. The minimum absolute atomic E-state index is 0.339. The van der Waals surface area contributed by atoms with Crippen molar-refractivity contribution in [3.63, 3.8) is 0 Å². The Morgan fingerprint density at radius 2 is 2.06 bits per heavy atom. The van der Waals surface area contributed by atoms with Crippen LogP contribution in [0.3, 0.4) is 0 Å². The van der Waals surface area contributed by atoms with Gasteiger partial charge in [-0.05, 0) is 42.8 Å². The zero-order valence-corrected chi connectivity index (χ0v) is 10.4. The minimum atomic E-state index is -0.504. The highest BCUT2D eigenvalue weighted by Crippen LogP contribution is 2.28. The lowest BCUT2D eigenvalue weighted by atomic mass is 10.0. The Hall–Kier alpha value is -1.94. The highest BCUT2D eigenvalue weighted by atomic mass is 19.1. The summed E-state index contributed by atoms with van der Waals surface area (Å²) in [6, 6.07) is 7.57. The van der Waals surface area contributed by atoms with E-state index in [0.717, 1.165) is 5.56 Å². The average Bonchev–Trinajstić information content (AvgIpc) is 2.38. The molecule has 0 spiro atoms. The van der Waals surface area contributed by atoms with E-state index in [1.165, 1.54) is 19.2 Å². The first-order valence-electron chi connectivity index (χ1n) is 5.63. The van der Waals surface area contributed by atoms with Crippen LogP contribution in [0.2, 0.25) is 0 Å². The SMILES string of the molecule is COc1ccc(F)cc1C(N)c1cc(C)ccn1. The molecule has 4 heteroatoms. The molecule has 0 aliphatic carbocycles. The number of ether oxygens (including phenoxy) is 1. The monoisotopic (exact) mass is 246 g/mol. The van der Waals surface area contributed by atoms with Gasteiger partial charge in [-0.3, -0.25) is 4.98 Å². The molecule has 1 atom stereocenters. The fourth-order valence-electron chi connectivity index (χ4n) is 1.84. The van der Waals surface area contributed by atoms with Gasteiger partial charge >= 0.3 is 0 Å². The normalized spacial score (nSPS) is 12.2. The van der Waals surface area contributed by atoms with Crippen LogP contribution >= 0.6 is 0 Å². The minimum Gasteiger partial charge on any atom is -0.496 e. The first-order chi connectivity index (χ1) is 8.61. The molecule has 1 aromatic carbocycles. The standard InChI is InChI=1S/C14H15FN2O/c1-9-5-6-17-12(7-9)14(16)11-8-10(15)3-4-13(11)18-2/h3-8,14H,16H2,1-2H3. The zero-order chi connectivity index (χ0) is 13.1. The van der Waals surface area contributed by atoms with E-state index in [1.807, 2.05) is 19.1 Å². The summed E-state index contributed by atoms with van der Waals surface area (Å²) >= 11 is 0. The lowest BCUT2D eigenvalue weighted by Crippen LogP contribution is -2.15. The maximum Gasteiger partial charge on any atom is 0.124 e. The number of aromatic nitrogens is 1. The molecule has 0 amide bonds. The number of benzene rings is 1. The van der Waals surface area contributed by atoms with E-state index < -0.39 is 6.04 Å². The van der Waals surface area contributed by atoms with Crippen LogP contribution in [0.25, 0.3) is 0 Å². The van der Waals surface area contributed by atoms with Crippen LogP contribution in [0.5, 0.6) is 5.75 Å². The largest absolute Gasteiger partial charge is 0.496 e. The second-order valence-electron chi connectivity index (χ2n) is 4.12. The first-order valence-corrected chi connectivity index (χ1v) is 5.63. The van der Waals surface area contributed by atoms with Crippen molar-refractivity contribution in [2.24, 2.45) is 5.73 Å². The molecule has 2 N–H and O–H groups in total. The number of rotatable bonds is 3. The summed E-state index contributed by atoms with van der Waals surface area (Å²) in [7, 11) is 1.53. The second-order valence-corrected chi connectivity index (χ2v) is 4.12. The van der Waals surface area contributed by atoms with Crippen LogP contribution in [-0.4, -0.2) is 12.1 Å². The molecule has 18 heavy (non-hydrogen) atoms. The van der Waals surface area contributed by atoms with Gasteiger partial charge in [-0.1, -0.05) is 0 Å². The smallest absolute Gasteiger partial charge is 0.124 e. The average molecular weight is 246 g/mol. The number of halogens is 1. The summed E-state index contributed by atoms with van der Waals surface area (Å²) in [5.74, 6) is 0.223. The Morgan fingerprint density at radius 1 is 1.28 bits per heavy atom. The van der Waals surface area contributed by atoms with E-state index in [9.17, 15) is 4.39 Å². The number of nitrogens with zero attached hydrogens (tertiary/aromatic N) is 1. The molecule has 0 fully saturated rings. The molecule has 0 saturated carbocycles. The van der Waals surface area contributed by atoms with Gasteiger partial charge in [-0.25, -0.2) is 4.39 Å². The van der Waals surface area contributed by atoms with Crippen LogP contribution in [0.4, 0.5) is 4.39 Å². The third-order valence-corrected chi connectivity index (χ3v) is 2.78. The Kier molecular flexibility index (Phi) is 3.58. The predicted octanol–water partition coefficient (Wildman–Crippen LogP) is 2.59. The number of pyridine rings is 1. The van der Waals surface area contributed by atoms with Gasteiger partial charge in [-0.15, -0.1) is 0 Å². The van der Waals surface area contributed by atoms with E-state index in [4.69, 9.17) is 10.5 Å². The predicted molar refractivity (Wildman–Crippen MR) is 68.0 cm³/mol. The van der Waals surface area contributed by atoms with Gasteiger partial charge in [0.25, 0.3) is 0 Å². The van der Waals surface area contributed by atoms with Crippen LogP contribution in [0.15, 0.2) is 36.5 Å². The third kappa shape index (κ3) is 2.49. The molecular weight excluding hydrogens is 231 g/mol. The van der Waals surface area contributed by atoms with E-state index in [-0.39, 0.29) is 5.82 Å². The van der Waals surface area contributed by atoms with Gasteiger partial charge in [0.15, 0.2) is 0 Å². The van der Waals surface area contributed by atoms with E-state index in [2.05, 4.69) is 4.98 Å². The molecule has 0 bridgehead atoms. The van der Waals surface area contributed by atoms with E-state index >= 15 is 0 Å². The molecule has 94 valence electrons. The number of hydrogen-bond donors (Lipinski definition) is 1. The van der Waals surface area contributed by atoms with E-state index in [1.54, 1.807) is 12.3 Å². The molecule has 2 rings (SSSR count). The molecule has 0 aliphatic rings. The van der Waals surface area contributed by atoms with Crippen molar-refractivity contribution in [3.8, 4) is 5.75 Å². The quantitative estimate of drug-likeness (QED) is 0.905. The molecule has 0 aliphatic heterocycles. The highest BCUT2D eigenvalue weighted by Gasteiger charge is 2.16. The van der Waals surface area contributed by atoms with Crippen molar-refractivity contribution in [1.82, 2.24) is 4.98 Å². The Bertz CT molecular complexity index is 557. The second kappa shape index (κ2) is 5.14. The Labute approximate surface area is 105 Å². The Morgan fingerprint density at radius 3 is 2.72 bits per heavy atom. The summed E-state index contributed by atoms with van der Waals surface area (Å²) in [6.07, 6.45) is 1.69. The van der Waals surface area contributed by atoms with Crippen molar-refractivity contribution in [3.05, 3.63) is 59.2 Å². The number of hydrogen-bond acceptors (Lipinski definition) is 3. The lowest BCUT2D eigenvalue weighted by Gasteiger charge is -2.15. The van der Waals surface area contributed by atoms with Crippen molar-refractivity contribution in [2.45, 2.75) is 13.0 Å². The summed E-state index contributed by atoms with van der Waals surface area (Å²) in [6.45, 7) is 1.96. The Balaban J connectivity index is 2.44. The fraction of sp³-hybridized carbons (Fsp3) is 0.214. The van der Waals surface area contributed by atoms with Gasteiger partial charge < -0.3 is 10.5 Å². The molecule has 0 radical (unpaired) electrons. The summed E-state index contributed by atoms with van der Waals surface area (Å²) < 4.78 is 18.5. The van der Waals surface area contributed by atoms with E-state index in [0.29, 0.717) is 17.0 Å². The lowest BCUT2D eigenvalue weighted by molar-refractivity contribution is 0.406. The molecule has 0 saturated heterocycles. The number of methoxy groups -OCH3 is 1. The van der Waals surface area contributed by atoms with Gasteiger partial charge in [0.2, 0.25) is 0 Å². The van der Waals surface area contributed by atoms with Crippen molar-refractivity contribution in [2.75, 3.05) is 7.11 Å². The molecule has 1 unspecified atom stereocenters. The molecule has 1 aromatic heterocycles. The molecule has 1 heterocycles. The summed E-state index contributed by atoms with van der Waals surface area (Å²) in [5, 5.41) is 0. The topological polar surface area (TPSA) is 48.1 Å². The number of aryl methyl sites for hydroxylation is 1. The highest BCUT2D eigenvalue weighted by molar-refractivity contribution is 5.40. The van der Waals surface area contributed by atoms with Gasteiger partial charge in [0, 0.05) is 11.8 Å². The fourth-order valence-corrected chi connectivity index (χ4v) is 1.84. The molecule has 3 nitrogen and oxygen atoms in total. The molecule has 2 aromatic rings. The van der Waals surface area contributed by atoms with Crippen molar-refractivity contribution in [1.29, 1.82) is 0 Å². The summed E-state index contributed by atoms with van der Waals surface area (Å²) in [4.78, 5) is 4.22. The van der Waals surface area contributed by atoms with Crippen LogP contribution < -0.4 is 10.5 Å². The van der Waals surface area contributed by atoms with Crippen LogP contribution in [0.1, 0.15) is 22.9 Å². The van der Waals surface area contributed by atoms with Crippen LogP contribution in [0, 0.1) is 12.7 Å². The maximum atomic E-state index is 13.3. The van der Waals surface area contributed by atoms with Gasteiger partial charge in [0.1, 0.15) is 11.6 Å². The maximum absolute atomic E-state index is 13.3. The van der Waals surface area contributed by atoms with Gasteiger partial charge in [-0.2, -0.15) is 0 Å². The van der Waals surface area contributed by atoms with Gasteiger partial charge in [0.05, 0.1) is 18.8 Å². The van der Waals surface area contributed by atoms with Crippen molar-refractivity contribution < 1.29 is 9.13 Å². The van der Waals surface area contributed by atoms with Crippen LogP contribution in [-0.2, 0) is 0 Å².